The van der Waals surface area contributed by atoms with E-state index in [4.69, 9.17) is 0 Å². The fraction of sp³-hybridized carbons (Fsp3) is 0.923. The zero-order valence-corrected chi connectivity index (χ0v) is 11.5. The molecule has 0 saturated carbocycles. The summed E-state index contributed by atoms with van der Waals surface area (Å²) >= 11 is 0. The van der Waals surface area contributed by atoms with Gasteiger partial charge in [0.05, 0.1) is 13.2 Å². The molecule has 2 atom stereocenters. The standard InChI is InChI=1S/C13H26N2O3/c1-15-7-3-4-11(10-15)8-14-9-12(16)5-6-13(17)18-2/h11-12,14,16H,3-10H2,1-2H3. The predicted molar refractivity (Wildman–Crippen MR) is 70.3 cm³/mol. The van der Waals surface area contributed by atoms with Gasteiger partial charge in [0.15, 0.2) is 0 Å². The van der Waals surface area contributed by atoms with Crippen molar-refractivity contribution in [3.8, 4) is 0 Å². The highest BCUT2D eigenvalue weighted by atomic mass is 16.5. The number of piperidine rings is 1. The maximum atomic E-state index is 10.9. The molecule has 1 aliphatic rings. The maximum Gasteiger partial charge on any atom is 0.305 e. The fourth-order valence-corrected chi connectivity index (χ4v) is 2.38. The molecule has 0 aromatic heterocycles. The summed E-state index contributed by atoms with van der Waals surface area (Å²) < 4.78 is 4.54. The van der Waals surface area contributed by atoms with Crippen LogP contribution in [0.2, 0.25) is 0 Å². The number of aliphatic hydroxyl groups excluding tert-OH is 1. The van der Waals surface area contributed by atoms with Crippen LogP contribution >= 0.6 is 0 Å². The van der Waals surface area contributed by atoms with E-state index in [0.717, 1.165) is 13.1 Å². The molecule has 2 N–H and O–H groups in total. The molecular weight excluding hydrogens is 232 g/mol. The molecule has 1 heterocycles. The highest BCUT2D eigenvalue weighted by Crippen LogP contribution is 2.13. The normalized spacial score (nSPS) is 22.7. The second-order valence-corrected chi connectivity index (χ2v) is 5.20. The first-order valence-corrected chi connectivity index (χ1v) is 6.76. The molecule has 0 radical (unpaired) electrons. The summed E-state index contributed by atoms with van der Waals surface area (Å²) in [6.07, 6.45) is 2.80. The Balaban J connectivity index is 2.04. The van der Waals surface area contributed by atoms with Crippen LogP contribution in [-0.4, -0.2) is 62.4 Å². The lowest BCUT2D eigenvalue weighted by molar-refractivity contribution is -0.141. The van der Waals surface area contributed by atoms with Gasteiger partial charge in [-0.3, -0.25) is 4.79 Å². The number of ether oxygens (including phenoxy) is 1. The van der Waals surface area contributed by atoms with Crippen LogP contribution in [0, 0.1) is 5.92 Å². The van der Waals surface area contributed by atoms with Crippen LogP contribution in [0.15, 0.2) is 0 Å². The Labute approximate surface area is 109 Å². The zero-order valence-electron chi connectivity index (χ0n) is 11.5. The van der Waals surface area contributed by atoms with E-state index >= 15 is 0 Å². The van der Waals surface area contributed by atoms with Gasteiger partial charge in [0, 0.05) is 19.5 Å². The monoisotopic (exact) mass is 258 g/mol. The molecule has 0 aromatic carbocycles. The average Bonchev–Trinajstić information content (AvgIpc) is 2.36. The second-order valence-electron chi connectivity index (χ2n) is 5.20. The van der Waals surface area contributed by atoms with Crippen LogP contribution in [0.1, 0.15) is 25.7 Å². The summed E-state index contributed by atoms with van der Waals surface area (Å²) in [6.45, 7) is 3.82. The van der Waals surface area contributed by atoms with E-state index in [9.17, 15) is 9.90 Å². The van der Waals surface area contributed by atoms with Gasteiger partial charge in [-0.15, -0.1) is 0 Å². The van der Waals surface area contributed by atoms with Crippen LogP contribution < -0.4 is 5.32 Å². The molecule has 5 heteroatoms. The number of hydrogen-bond donors (Lipinski definition) is 2. The van der Waals surface area contributed by atoms with Crippen molar-refractivity contribution in [2.45, 2.75) is 31.8 Å². The average molecular weight is 258 g/mol. The van der Waals surface area contributed by atoms with Gasteiger partial charge in [0.1, 0.15) is 0 Å². The van der Waals surface area contributed by atoms with E-state index in [1.807, 2.05) is 0 Å². The molecule has 0 spiro atoms. The van der Waals surface area contributed by atoms with Gasteiger partial charge in [-0.1, -0.05) is 0 Å². The number of nitrogens with zero attached hydrogens (tertiary/aromatic N) is 1. The van der Waals surface area contributed by atoms with E-state index in [0.29, 0.717) is 18.9 Å². The van der Waals surface area contributed by atoms with E-state index in [-0.39, 0.29) is 12.4 Å². The van der Waals surface area contributed by atoms with Crippen molar-refractivity contribution in [3.05, 3.63) is 0 Å². The van der Waals surface area contributed by atoms with Gasteiger partial charge >= 0.3 is 5.97 Å². The van der Waals surface area contributed by atoms with Crippen molar-refractivity contribution in [3.63, 3.8) is 0 Å². The molecule has 1 rings (SSSR count). The molecule has 1 fully saturated rings. The zero-order chi connectivity index (χ0) is 13.4. The van der Waals surface area contributed by atoms with Crippen LogP contribution in [0.4, 0.5) is 0 Å². The summed E-state index contributed by atoms with van der Waals surface area (Å²) in [7, 11) is 3.52. The van der Waals surface area contributed by atoms with Crippen molar-refractivity contribution in [1.29, 1.82) is 0 Å². The number of esters is 1. The quantitative estimate of drug-likeness (QED) is 0.640. The minimum absolute atomic E-state index is 0.261. The van der Waals surface area contributed by atoms with Gasteiger partial charge in [0.2, 0.25) is 0 Å². The molecule has 1 aliphatic heterocycles. The van der Waals surface area contributed by atoms with Crippen LogP contribution in [0.5, 0.6) is 0 Å². The second kappa shape index (κ2) is 8.45. The minimum atomic E-state index is -0.467. The number of carbonyl (C=O) groups is 1. The van der Waals surface area contributed by atoms with Crippen molar-refractivity contribution in [1.82, 2.24) is 10.2 Å². The Bertz CT molecular complexity index is 248. The molecule has 1 saturated heterocycles. The summed E-state index contributed by atoms with van der Waals surface area (Å²) in [4.78, 5) is 13.3. The summed E-state index contributed by atoms with van der Waals surface area (Å²) in [5, 5.41) is 13.0. The smallest absolute Gasteiger partial charge is 0.305 e. The van der Waals surface area contributed by atoms with Crippen molar-refractivity contribution in [2.75, 3.05) is 40.3 Å². The molecule has 2 unspecified atom stereocenters. The Hall–Kier alpha value is -0.650. The van der Waals surface area contributed by atoms with Crippen molar-refractivity contribution in [2.24, 2.45) is 5.92 Å². The molecule has 0 bridgehead atoms. The molecule has 5 nitrogen and oxygen atoms in total. The van der Waals surface area contributed by atoms with E-state index in [2.05, 4.69) is 22.0 Å². The summed E-state index contributed by atoms with van der Waals surface area (Å²) in [5.74, 6) is 0.416. The van der Waals surface area contributed by atoms with Crippen LogP contribution in [0.3, 0.4) is 0 Å². The number of hydrogen-bond acceptors (Lipinski definition) is 5. The third kappa shape index (κ3) is 6.33. The highest BCUT2D eigenvalue weighted by molar-refractivity contribution is 5.69. The summed E-state index contributed by atoms with van der Waals surface area (Å²) in [5.41, 5.74) is 0. The molecule has 0 aromatic rings. The van der Waals surface area contributed by atoms with Gasteiger partial charge in [0.25, 0.3) is 0 Å². The third-order valence-corrected chi connectivity index (χ3v) is 3.44. The molecule has 0 aliphatic carbocycles. The first-order valence-electron chi connectivity index (χ1n) is 6.76. The van der Waals surface area contributed by atoms with Crippen LogP contribution in [-0.2, 0) is 9.53 Å². The Morgan fingerprint density at radius 3 is 3.06 bits per heavy atom. The molecule has 0 amide bonds. The number of rotatable bonds is 7. The SMILES string of the molecule is COC(=O)CCC(O)CNCC1CCCN(C)C1. The largest absolute Gasteiger partial charge is 0.469 e. The van der Waals surface area contributed by atoms with Crippen molar-refractivity contribution < 1.29 is 14.6 Å². The molecule has 106 valence electrons. The maximum absolute atomic E-state index is 10.9. The summed E-state index contributed by atoms with van der Waals surface area (Å²) in [6, 6.07) is 0. The Morgan fingerprint density at radius 1 is 1.61 bits per heavy atom. The first kappa shape index (κ1) is 15.4. The minimum Gasteiger partial charge on any atom is -0.469 e. The number of likely N-dealkylation sites (tertiary alicyclic amines) is 1. The Kier molecular flexibility index (Phi) is 7.23. The Morgan fingerprint density at radius 2 is 2.39 bits per heavy atom. The number of aliphatic hydroxyl groups is 1. The first-order chi connectivity index (χ1) is 8.61. The molecular formula is C13H26N2O3. The number of carbonyl (C=O) groups excluding carboxylic acids is 1. The van der Waals surface area contributed by atoms with Gasteiger partial charge in [-0.05, 0) is 45.3 Å². The number of methoxy groups -OCH3 is 1. The third-order valence-electron chi connectivity index (χ3n) is 3.44. The topological polar surface area (TPSA) is 61.8 Å². The predicted octanol–water partition coefficient (Wildman–Crippen LogP) is 0.232. The number of nitrogens with one attached hydrogen (secondary N) is 1. The lowest BCUT2D eigenvalue weighted by Gasteiger charge is -2.30. The van der Waals surface area contributed by atoms with Gasteiger partial charge in [-0.2, -0.15) is 0 Å². The molecule has 18 heavy (non-hydrogen) atoms. The van der Waals surface area contributed by atoms with Crippen molar-refractivity contribution >= 4 is 5.97 Å². The van der Waals surface area contributed by atoms with E-state index < -0.39 is 6.10 Å². The lowest BCUT2D eigenvalue weighted by Crippen LogP contribution is -2.39. The lowest BCUT2D eigenvalue weighted by atomic mass is 9.98. The van der Waals surface area contributed by atoms with E-state index in [1.165, 1.54) is 26.5 Å². The van der Waals surface area contributed by atoms with Crippen LogP contribution in [0.25, 0.3) is 0 Å². The van der Waals surface area contributed by atoms with Gasteiger partial charge < -0.3 is 20.1 Å². The van der Waals surface area contributed by atoms with Gasteiger partial charge in [-0.25, -0.2) is 0 Å². The fourth-order valence-electron chi connectivity index (χ4n) is 2.38. The van der Waals surface area contributed by atoms with E-state index in [1.54, 1.807) is 0 Å². The highest BCUT2D eigenvalue weighted by Gasteiger charge is 2.17.